The third kappa shape index (κ3) is 4.12. The van der Waals surface area contributed by atoms with Crippen LogP contribution in [0.3, 0.4) is 0 Å². The molecule has 108 valence electrons. The summed E-state index contributed by atoms with van der Waals surface area (Å²) in [5, 5.41) is 3.48. The molecule has 0 bridgehead atoms. The summed E-state index contributed by atoms with van der Waals surface area (Å²) >= 11 is 0. The Labute approximate surface area is 124 Å². The van der Waals surface area contributed by atoms with Crippen molar-refractivity contribution in [3.63, 3.8) is 0 Å². The number of hydrogen-bond donors (Lipinski definition) is 1. The average Bonchev–Trinajstić information content (AvgIpc) is 2.41. The Morgan fingerprint density at radius 2 is 1.80 bits per heavy atom. The van der Waals surface area contributed by atoms with Gasteiger partial charge in [0.05, 0.1) is 0 Å². The van der Waals surface area contributed by atoms with Crippen molar-refractivity contribution < 1.29 is 0 Å². The minimum absolute atomic E-state index is 0.222. The van der Waals surface area contributed by atoms with Crippen molar-refractivity contribution in [2.24, 2.45) is 0 Å². The molecular weight excluding hydrogens is 242 g/mol. The number of allylic oxidation sites excluding steroid dienone is 1. The molecule has 0 fully saturated rings. The van der Waals surface area contributed by atoms with E-state index in [-0.39, 0.29) is 6.04 Å². The molecular formula is C19H27N. The molecule has 1 heteroatoms. The minimum Gasteiger partial charge on any atom is -0.379 e. The maximum atomic E-state index is 4.20. The van der Waals surface area contributed by atoms with Gasteiger partial charge in [0.15, 0.2) is 0 Å². The van der Waals surface area contributed by atoms with Crippen molar-refractivity contribution in [2.75, 3.05) is 0 Å². The zero-order valence-electron chi connectivity index (χ0n) is 13.5. The highest BCUT2D eigenvalue weighted by molar-refractivity contribution is 5.66. The van der Waals surface area contributed by atoms with Crippen molar-refractivity contribution >= 4 is 5.70 Å². The summed E-state index contributed by atoms with van der Waals surface area (Å²) < 4.78 is 0. The Balaban J connectivity index is 2.90. The van der Waals surface area contributed by atoms with E-state index in [1.807, 2.05) is 6.08 Å². The van der Waals surface area contributed by atoms with Gasteiger partial charge in [0.25, 0.3) is 0 Å². The minimum atomic E-state index is 0.222. The van der Waals surface area contributed by atoms with Crippen LogP contribution in [0.5, 0.6) is 0 Å². The molecule has 0 amide bonds. The predicted molar refractivity (Wildman–Crippen MR) is 90.9 cm³/mol. The van der Waals surface area contributed by atoms with Crippen LogP contribution in [0, 0.1) is 20.8 Å². The van der Waals surface area contributed by atoms with Crippen LogP contribution in [-0.4, -0.2) is 6.04 Å². The van der Waals surface area contributed by atoms with Crippen LogP contribution in [0.2, 0.25) is 0 Å². The predicted octanol–water partition coefficient (Wildman–Crippen LogP) is 5.08. The standard InChI is InChI=1S/C19H27N/c1-8-13(3)10-18(9-2)20-17(7)19-12-15(5)14(4)11-16(19)6/h8-9,11-12,18,20H,2,7,10H2,1,3-6H3/b13-8-. The van der Waals surface area contributed by atoms with Crippen molar-refractivity contribution in [1.29, 1.82) is 0 Å². The van der Waals surface area contributed by atoms with Crippen molar-refractivity contribution in [1.82, 2.24) is 5.32 Å². The molecule has 0 aromatic heterocycles. The van der Waals surface area contributed by atoms with Gasteiger partial charge in [-0.1, -0.05) is 30.4 Å². The lowest BCUT2D eigenvalue weighted by Gasteiger charge is -2.20. The number of aryl methyl sites for hydroxylation is 3. The molecule has 1 aromatic carbocycles. The van der Waals surface area contributed by atoms with Gasteiger partial charge in [0, 0.05) is 17.3 Å². The van der Waals surface area contributed by atoms with Crippen molar-refractivity contribution in [2.45, 2.75) is 47.1 Å². The molecule has 0 aliphatic carbocycles. The van der Waals surface area contributed by atoms with Crippen LogP contribution in [0.25, 0.3) is 5.70 Å². The molecule has 0 saturated heterocycles. The monoisotopic (exact) mass is 269 g/mol. The second-order valence-electron chi connectivity index (χ2n) is 5.56. The average molecular weight is 269 g/mol. The molecule has 1 nitrogen and oxygen atoms in total. The molecule has 0 radical (unpaired) electrons. The molecule has 1 aromatic rings. The van der Waals surface area contributed by atoms with Crippen LogP contribution in [0.1, 0.15) is 42.5 Å². The summed E-state index contributed by atoms with van der Waals surface area (Å²) in [4.78, 5) is 0. The summed E-state index contributed by atoms with van der Waals surface area (Å²) in [5.41, 5.74) is 7.40. The van der Waals surface area contributed by atoms with Gasteiger partial charge in [-0.3, -0.25) is 0 Å². The molecule has 1 unspecified atom stereocenters. The van der Waals surface area contributed by atoms with E-state index in [4.69, 9.17) is 0 Å². The Morgan fingerprint density at radius 1 is 1.20 bits per heavy atom. The highest BCUT2D eigenvalue weighted by atomic mass is 14.9. The van der Waals surface area contributed by atoms with E-state index in [0.717, 1.165) is 12.1 Å². The highest BCUT2D eigenvalue weighted by Crippen LogP contribution is 2.21. The molecule has 1 rings (SSSR count). The summed E-state index contributed by atoms with van der Waals surface area (Å²) in [7, 11) is 0. The maximum Gasteiger partial charge on any atom is 0.0478 e. The smallest absolute Gasteiger partial charge is 0.0478 e. The van der Waals surface area contributed by atoms with Gasteiger partial charge in [0.2, 0.25) is 0 Å². The first-order valence-electron chi connectivity index (χ1n) is 7.17. The van der Waals surface area contributed by atoms with Crippen LogP contribution in [-0.2, 0) is 0 Å². The van der Waals surface area contributed by atoms with Gasteiger partial charge in [-0.25, -0.2) is 0 Å². The van der Waals surface area contributed by atoms with Crippen molar-refractivity contribution in [3.05, 3.63) is 65.3 Å². The fourth-order valence-electron chi connectivity index (χ4n) is 2.25. The van der Waals surface area contributed by atoms with E-state index in [1.54, 1.807) is 0 Å². The first-order valence-corrected chi connectivity index (χ1v) is 7.17. The molecule has 20 heavy (non-hydrogen) atoms. The summed E-state index contributed by atoms with van der Waals surface area (Å²) in [6.45, 7) is 18.7. The van der Waals surface area contributed by atoms with Crippen LogP contribution in [0.4, 0.5) is 0 Å². The third-order valence-corrected chi connectivity index (χ3v) is 3.84. The third-order valence-electron chi connectivity index (χ3n) is 3.84. The number of rotatable bonds is 6. The fourth-order valence-corrected chi connectivity index (χ4v) is 2.25. The molecule has 0 saturated carbocycles. The lowest BCUT2D eigenvalue weighted by atomic mass is 9.98. The van der Waals surface area contributed by atoms with Crippen molar-refractivity contribution in [3.8, 4) is 0 Å². The lowest BCUT2D eigenvalue weighted by molar-refractivity contribution is 0.704. The summed E-state index contributed by atoms with van der Waals surface area (Å²) in [6, 6.07) is 4.65. The molecule has 0 aliphatic rings. The lowest BCUT2D eigenvalue weighted by Crippen LogP contribution is -2.25. The normalized spacial score (nSPS) is 12.9. The quantitative estimate of drug-likeness (QED) is 0.710. The Morgan fingerprint density at radius 3 is 2.35 bits per heavy atom. The SMILES string of the molecule is C=CC(C/C(C)=C\C)NC(=C)c1cc(C)c(C)cc1C. The zero-order valence-corrected chi connectivity index (χ0v) is 13.5. The molecule has 0 aliphatic heterocycles. The second kappa shape index (κ2) is 7.14. The highest BCUT2D eigenvalue weighted by Gasteiger charge is 2.10. The molecule has 0 spiro atoms. The van der Waals surface area contributed by atoms with Crippen LogP contribution in [0.15, 0.2) is 43.0 Å². The van der Waals surface area contributed by atoms with Gasteiger partial charge in [0.1, 0.15) is 0 Å². The topological polar surface area (TPSA) is 12.0 Å². The Bertz CT molecular complexity index is 535. The Kier molecular flexibility index (Phi) is 5.82. The molecule has 1 atom stereocenters. The van der Waals surface area contributed by atoms with Gasteiger partial charge < -0.3 is 5.32 Å². The van der Waals surface area contributed by atoms with E-state index in [1.165, 1.54) is 27.8 Å². The van der Waals surface area contributed by atoms with Gasteiger partial charge in [-0.05, 0) is 63.8 Å². The number of nitrogens with one attached hydrogen (secondary N) is 1. The molecule has 0 heterocycles. The largest absolute Gasteiger partial charge is 0.379 e. The van der Waals surface area contributed by atoms with Crippen LogP contribution >= 0.6 is 0 Å². The van der Waals surface area contributed by atoms with E-state index >= 15 is 0 Å². The van der Waals surface area contributed by atoms with E-state index in [2.05, 4.69) is 71.3 Å². The first kappa shape index (κ1) is 16.3. The van der Waals surface area contributed by atoms with Gasteiger partial charge in [-0.15, -0.1) is 6.58 Å². The van der Waals surface area contributed by atoms with E-state index in [9.17, 15) is 0 Å². The van der Waals surface area contributed by atoms with E-state index in [0.29, 0.717) is 0 Å². The van der Waals surface area contributed by atoms with Gasteiger partial charge in [-0.2, -0.15) is 0 Å². The second-order valence-corrected chi connectivity index (χ2v) is 5.56. The number of benzene rings is 1. The fraction of sp³-hybridized carbons (Fsp3) is 0.368. The van der Waals surface area contributed by atoms with Crippen LogP contribution < -0.4 is 5.32 Å². The summed E-state index contributed by atoms with van der Waals surface area (Å²) in [5.74, 6) is 0. The first-order chi connectivity index (χ1) is 9.38. The van der Waals surface area contributed by atoms with E-state index < -0.39 is 0 Å². The number of hydrogen-bond acceptors (Lipinski definition) is 1. The zero-order chi connectivity index (χ0) is 15.3. The Hall–Kier alpha value is -1.76. The molecule has 1 N–H and O–H groups in total. The van der Waals surface area contributed by atoms with Gasteiger partial charge >= 0.3 is 0 Å². The summed E-state index contributed by atoms with van der Waals surface area (Å²) in [6.07, 6.45) is 5.06. The maximum absolute atomic E-state index is 4.20.